The Labute approximate surface area is 197 Å². The first-order valence-corrected chi connectivity index (χ1v) is 11.4. The maximum Gasteiger partial charge on any atom is 0.227 e. The van der Waals surface area contributed by atoms with Gasteiger partial charge in [-0.1, -0.05) is 6.07 Å². The number of methoxy groups -OCH3 is 4. The zero-order valence-corrected chi connectivity index (χ0v) is 20.4. The summed E-state index contributed by atoms with van der Waals surface area (Å²) in [6, 6.07) is 9.79. The minimum Gasteiger partial charge on any atom is -0.496 e. The zero-order valence-electron chi connectivity index (χ0n) is 20.4. The number of ether oxygens (including phenoxy) is 4. The number of hydrogen-bond acceptors (Lipinski definition) is 6. The molecule has 1 aliphatic heterocycles. The van der Waals surface area contributed by atoms with Gasteiger partial charge in [-0.15, -0.1) is 0 Å². The van der Waals surface area contributed by atoms with Crippen LogP contribution in [-0.4, -0.2) is 59.4 Å². The lowest BCUT2D eigenvalue weighted by atomic mass is 9.95. The Morgan fingerprint density at radius 2 is 1.58 bits per heavy atom. The highest BCUT2D eigenvalue weighted by molar-refractivity contribution is 5.96. The molecule has 0 fully saturated rings. The van der Waals surface area contributed by atoms with Crippen LogP contribution >= 0.6 is 0 Å². The monoisotopic (exact) mass is 456 g/mol. The van der Waals surface area contributed by atoms with Gasteiger partial charge in [-0.05, 0) is 75.5 Å². The molecule has 7 heteroatoms. The standard InChI is InChI=1S/C26H36N2O5/c1-28(16-14-18-8-11-22(31-3)24(17-18)33-5)15-6-7-19-9-10-20-21(30-2)12-13-23(32-4)25(20)27-26(19)29/h8,11-13,17,19H,6-7,9-10,14-16H2,1-5H3,(H,27,29). The number of fused-ring (bicyclic) bond motifs is 1. The van der Waals surface area contributed by atoms with Crippen LogP contribution in [0.1, 0.15) is 30.4 Å². The van der Waals surface area contributed by atoms with Gasteiger partial charge < -0.3 is 29.2 Å². The molecule has 0 aromatic heterocycles. The molecule has 0 saturated heterocycles. The summed E-state index contributed by atoms with van der Waals surface area (Å²) in [5.41, 5.74) is 2.97. The molecule has 3 rings (SSSR count). The normalized spacial score (nSPS) is 15.5. The van der Waals surface area contributed by atoms with E-state index in [1.54, 1.807) is 28.4 Å². The number of amides is 1. The van der Waals surface area contributed by atoms with E-state index < -0.39 is 0 Å². The fourth-order valence-corrected chi connectivity index (χ4v) is 4.38. The summed E-state index contributed by atoms with van der Waals surface area (Å²) >= 11 is 0. The van der Waals surface area contributed by atoms with Crippen molar-refractivity contribution in [1.29, 1.82) is 0 Å². The minimum atomic E-state index is -0.0222. The van der Waals surface area contributed by atoms with Crippen molar-refractivity contribution in [3.05, 3.63) is 41.5 Å². The second kappa shape index (κ2) is 11.8. The van der Waals surface area contributed by atoms with Crippen molar-refractivity contribution in [3.63, 3.8) is 0 Å². The fourth-order valence-electron chi connectivity index (χ4n) is 4.38. The molecule has 0 saturated carbocycles. The van der Waals surface area contributed by atoms with Crippen LogP contribution in [0.3, 0.4) is 0 Å². The van der Waals surface area contributed by atoms with Crippen LogP contribution in [0.25, 0.3) is 0 Å². The van der Waals surface area contributed by atoms with E-state index in [0.29, 0.717) is 5.75 Å². The van der Waals surface area contributed by atoms with Crippen LogP contribution in [0.5, 0.6) is 23.0 Å². The Morgan fingerprint density at radius 3 is 2.27 bits per heavy atom. The third-order valence-corrected chi connectivity index (χ3v) is 6.36. The van der Waals surface area contributed by atoms with Crippen molar-refractivity contribution in [1.82, 2.24) is 4.90 Å². The summed E-state index contributed by atoms with van der Waals surface area (Å²) < 4.78 is 21.7. The summed E-state index contributed by atoms with van der Waals surface area (Å²) in [4.78, 5) is 15.2. The average molecular weight is 457 g/mol. The number of carbonyl (C=O) groups is 1. The van der Waals surface area contributed by atoms with Crippen molar-refractivity contribution in [3.8, 4) is 23.0 Å². The molecule has 0 spiro atoms. The van der Waals surface area contributed by atoms with Crippen LogP contribution in [0, 0.1) is 5.92 Å². The number of carbonyl (C=O) groups excluding carboxylic acids is 1. The molecule has 7 nitrogen and oxygen atoms in total. The lowest BCUT2D eigenvalue weighted by molar-refractivity contribution is -0.120. The van der Waals surface area contributed by atoms with Gasteiger partial charge in [-0.2, -0.15) is 0 Å². The summed E-state index contributed by atoms with van der Waals surface area (Å²) in [5.74, 6) is 3.01. The van der Waals surface area contributed by atoms with Gasteiger partial charge in [0.2, 0.25) is 5.91 Å². The Balaban J connectivity index is 1.50. The van der Waals surface area contributed by atoms with Crippen LogP contribution in [0.2, 0.25) is 0 Å². The topological polar surface area (TPSA) is 69.3 Å². The first-order valence-electron chi connectivity index (χ1n) is 11.4. The van der Waals surface area contributed by atoms with Crippen LogP contribution in [-0.2, 0) is 17.6 Å². The van der Waals surface area contributed by atoms with Gasteiger partial charge in [0.05, 0.1) is 34.1 Å². The molecule has 1 unspecified atom stereocenters. The Bertz CT molecular complexity index is 947. The van der Waals surface area contributed by atoms with Crippen molar-refractivity contribution >= 4 is 11.6 Å². The number of nitrogens with one attached hydrogen (secondary N) is 1. The first-order chi connectivity index (χ1) is 16.0. The molecular formula is C26H36N2O5. The van der Waals surface area contributed by atoms with E-state index >= 15 is 0 Å². The Hall–Kier alpha value is -2.93. The van der Waals surface area contributed by atoms with Gasteiger partial charge in [0.1, 0.15) is 11.5 Å². The van der Waals surface area contributed by atoms with Gasteiger partial charge in [0.15, 0.2) is 11.5 Å². The molecule has 0 bridgehead atoms. The third kappa shape index (κ3) is 6.11. The smallest absolute Gasteiger partial charge is 0.227 e. The molecule has 1 amide bonds. The summed E-state index contributed by atoms with van der Waals surface area (Å²) in [6.45, 7) is 1.88. The number of hydrogen-bond donors (Lipinski definition) is 1. The van der Waals surface area contributed by atoms with Gasteiger partial charge in [-0.3, -0.25) is 4.79 Å². The highest BCUT2D eigenvalue weighted by Gasteiger charge is 2.27. The van der Waals surface area contributed by atoms with Crippen molar-refractivity contribution in [2.75, 3.05) is 53.9 Å². The number of benzene rings is 2. The SMILES string of the molecule is COc1ccc(CCN(C)CCCC2CCc3c(OC)ccc(OC)c3NC2=O)cc1OC. The second-order valence-electron chi connectivity index (χ2n) is 8.43. The van der Waals surface area contributed by atoms with Crippen LogP contribution in [0.15, 0.2) is 30.3 Å². The van der Waals surface area contributed by atoms with Crippen molar-refractivity contribution < 1.29 is 23.7 Å². The maximum absolute atomic E-state index is 12.9. The highest BCUT2D eigenvalue weighted by atomic mass is 16.5. The average Bonchev–Trinajstić information content (AvgIpc) is 3.00. The molecule has 180 valence electrons. The lowest BCUT2D eigenvalue weighted by Crippen LogP contribution is -2.25. The quantitative estimate of drug-likeness (QED) is 0.547. The van der Waals surface area contributed by atoms with Gasteiger partial charge in [0.25, 0.3) is 0 Å². The molecule has 0 radical (unpaired) electrons. The number of nitrogens with zero attached hydrogens (tertiary/aromatic N) is 1. The zero-order chi connectivity index (χ0) is 23.8. The van der Waals surface area contributed by atoms with E-state index in [4.69, 9.17) is 18.9 Å². The number of anilines is 1. The summed E-state index contributed by atoms with van der Waals surface area (Å²) in [5, 5.41) is 3.09. The Kier molecular flexibility index (Phi) is 8.83. The predicted octanol–water partition coefficient (Wildman–Crippen LogP) is 4.18. The molecule has 2 aromatic carbocycles. The first kappa shape index (κ1) is 24.7. The molecule has 1 N–H and O–H groups in total. The molecule has 33 heavy (non-hydrogen) atoms. The Morgan fingerprint density at radius 1 is 0.909 bits per heavy atom. The van der Waals surface area contributed by atoms with E-state index in [1.165, 1.54) is 5.56 Å². The van der Waals surface area contributed by atoms with E-state index in [1.807, 2.05) is 24.3 Å². The van der Waals surface area contributed by atoms with Gasteiger partial charge in [0, 0.05) is 18.0 Å². The van der Waals surface area contributed by atoms with E-state index in [2.05, 4.69) is 23.3 Å². The van der Waals surface area contributed by atoms with Gasteiger partial charge in [-0.25, -0.2) is 0 Å². The predicted molar refractivity (Wildman–Crippen MR) is 130 cm³/mol. The summed E-state index contributed by atoms with van der Waals surface area (Å²) in [6.07, 6.45) is 4.33. The van der Waals surface area contributed by atoms with Gasteiger partial charge >= 0.3 is 0 Å². The van der Waals surface area contributed by atoms with Crippen molar-refractivity contribution in [2.24, 2.45) is 5.92 Å². The van der Waals surface area contributed by atoms with Crippen LogP contribution in [0.4, 0.5) is 5.69 Å². The van der Waals surface area contributed by atoms with E-state index in [0.717, 1.165) is 73.7 Å². The van der Waals surface area contributed by atoms with E-state index in [9.17, 15) is 4.79 Å². The second-order valence-corrected chi connectivity index (χ2v) is 8.43. The minimum absolute atomic E-state index is 0.0222. The van der Waals surface area contributed by atoms with E-state index in [-0.39, 0.29) is 11.8 Å². The maximum atomic E-state index is 12.9. The molecule has 2 aromatic rings. The lowest BCUT2D eigenvalue weighted by Gasteiger charge is -2.19. The molecular weight excluding hydrogens is 420 g/mol. The molecule has 1 atom stereocenters. The largest absolute Gasteiger partial charge is 0.496 e. The van der Waals surface area contributed by atoms with Crippen molar-refractivity contribution in [2.45, 2.75) is 32.1 Å². The fraction of sp³-hybridized carbons (Fsp3) is 0.500. The third-order valence-electron chi connectivity index (χ3n) is 6.36. The summed E-state index contributed by atoms with van der Waals surface area (Å²) in [7, 11) is 8.70. The van der Waals surface area contributed by atoms with Crippen LogP contribution < -0.4 is 24.3 Å². The number of likely N-dealkylation sites (N-methyl/N-ethyl adjacent to an activating group) is 1. The highest BCUT2D eigenvalue weighted by Crippen LogP contribution is 2.39. The molecule has 1 aliphatic rings. The molecule has 1 heterocycles. The molecule has 0 aliphatic carbocycles. The number of rotatable bonds is 11.